The third-order valence-electron chi connectivity index (χ3n) is 23.3. The van der Waals surface area contributed by atoms with Crippen molar-refractivity contribution in [3.8, 4) is 39.4 Å². The van der Waals surface area contributed by atoms with E-state index in [2.05, 4.69) is 323 Å². The van der Waals surface area contributed by atoms with Gasteiger partial charge in [0.2, 0.25) is 0 Å². The van der Waals surface area contributed by atoms with Gasteiger partial charge in [0.05, 0.1) is 0 Å². The molecule has 7 heteroatoms. The Bertz CT molecular complexity index is 5020. The Labute approximate surface area is 564 Å². The lowest BCUT2D eigenvalue weighted by molar-refractivity contribution is 0.332. The molecule has 470 valence electrons. The van der Waals surface area contributed by atoms with Crippen molar-refractivity contribution in [2.24, 2.45) is 0 Å². The van der Waals surface area contributed by atoms with Gasteiger partial charge in [-0.25, -0.2) is 0 Å². The first-order valence-corrected chi connectivity index (χ1v) is 34.9. The number of anilines is 9. The van der Waals surface area contributed by atoms with Gasteiger partial charge in [0, 0.05) is 68.4 Å². The molecule has 0 spiro atoms. The van der Waals surface area contributed by atoms with Crippen LogP contribution >= 0.6 is 0 Å². The van der Waals surface area contributed by atoms with Gasteiger partial charge in [-0.3, -0.25) is 9.47 Å². The molecule has 0 atom stereocenters. The summed E-state index contributed by atoms with van der Waals surface area (Å²) >= 11 is 0. The second kappa shape index (κ2) is 20.7. The van der Waals surface area contributed by atoms with Gasteiger partial charge >= 0.3 is 0 Å². The molecule has 17 rings (SSSR count). The maximum atomic E-state index is 7.93. The van der Waals surface area contributed by atoms with Crippen LogP contribution in [0.1, 0.15) is 152 Å². The van der Waals surface area contributed by atoms with Crippen LogP contribution in [0.3, 0.4) is 0 Å². The maximum Gasteiger partial charge on any atom is 0.258 e. The average molecular weight is 1240 g/mol. The maximum absolute atomic E-state index is 7.93. The molecular weight excluding hydrogens is 1150 g/mol. The molecule has 0 bridgehead atoms. The smallest absolute Gasteiger partial charge is 0.258 e. The summed E-state index contributed by atoms with van der Waals surface area (Å²) < 4.78 is 10.5. The lowest BCUT2D eigenvalue weighted by atomic mass is 9.30. The Morgan fingerprint density at radius 1 is 0.347 bits per heavy atom. The highest BCUT2D eigenvalue weighted by Crippen LogP contribution is 2.55. The van der Waals surface area contributed by atoms with E-state index < -0.39 is 0 Å². The summed E-state index contributed by atoms with van der Waals surface area (Å²) in [7, 11) is 0. The zero-order valence-electron chi connectivity index (χ0n) is 58.2. The molecule has 5 heterocycles. The third-order valence-corrected chi connectivity index (χ3v) is 23.3. The zero-order valence-corrected chi connectivity index (χ0v) is 58.2. The quantitative estimate of drug-likeness (QED) is 0.155. The molecule has 0 saturated carbocycles. The van der Waals surface area contributed by atoms with Crippen molar-refractivity contribution >= 4 is 97.5 Å². The fraction of sp³-hybridized carbons (Fsp3) is 0.273. The van der Waals surface area contributed by atoms with Crippen LogP contribution in [0.4, 0.5) is 51.3 Å². The fourth-order valence-corrected chi connectivity index (χ4v) is 18.2. The highest BCUT2D eigenvalue weighted by molar-refractivity contribution is 7.02. The van der Waals surface area contributed by atoms with Crippen LogP contribution in [0, 0.1) is 27.7 Å². The second-order valence-corrected chi connectivity index (χ2v) is 32.4. The van der Waals surface area contributed by atoms with Crippen molar-refractivity contribution in [2.75, 3.05) is 14.7 Å². The van der Waals surface area contributed by atoms with Gasteiger partial charge < -0.3 is 14.5 Å². The molecule has 95 heavy (non-hydrogen) atoms. The van der Waals surface area contributed by atoms with Crippen LogP contribution in [-0.4, -0.2) is 18.0 Å². The predicted octanol–water partition coefficient (Wildman–Crippen LogP) is 19.5. The number of fused-ring (bicyclic) bond motifs is 10. The Kier molecular flexibility index (Phi) is 12.9. The predicted molar refractivity (Wildman–Crippen MR) is 405 cm³/mol. The summed E-state index contributed by atoms with van der Waals surface area (Å²) in [5.74, 6) is 2.96. The molecule has 11 aromatic rings. The van der Waals surface area contributed by atoms with Crippen molar-refractivity contribution in [3.05, 3.63) is 250 Å². The van der Waals surface area contributed by atoms with Gasteiger partial charge in [-0.15, -0.1) is 0 Å². The largest absolute Gasteiger partial charge is 0.458 e. The molecule has 10 aromatic carbocycles. The summed E-state index contributed by atoms with van der Waals surface area (Å²) in [5.41, 5.74) is 34.9. The highest BCUT2D eigenvalue weighted by atomic mass is 16.5. The molecule has 0 radical (unpaired) electrons. The van der Waals surface area contributed by atoms with Crippen molar-refractivity contribution in [1.29, 1.82) is 0 Å². The first kappa shape index (κ1) is 59.5. The van der Waals surface area contributed by atoms with Crippen molar-refractivity contribution in [3.63, 3.8) is 0 Å². The van der Waals surface area contributed by atoms with Gasteiger partial charge in [0.1, 0.15) is 17.3 Å². The Balaban J connectivity index is 0.980. The normalized spacial score (nSPS) is 16.9. The van der Waals surface area contributed by atoms with Crippen LogP contribution in [-0.2, 0) is 27.1 Å². The molecular formula is C88H86B2N4O. The number of aryl methyl sites for hydroxylation is 4. The molecule has 2 aliphatic carbocycles. The molecule has 0 fully saturated rings. The van der Waals surface area contributed by atoms with Crippen LogP contribution in [0.25, 0.3) is 27.9 Å². The Morgan fingerprint density at radius 3 is 1.36 bits per heavy atom. The van der Waals surface area contributed by atoms with E-state index in [9.17, 15) is 0 Å². The van der Waals surface area contributed by atoms with Crippen LogP contribution in [0.5, 0.6) is 11.5 Å². The standard InChI is InChI=1S/C88H86B2N4O/c1-53-26-24-27-54(2)79(53)57-44-73-81-74(45-57)92(61-36-38-63-65(48-61)87(12,13)42-40-85(63,8)9)71-35-23-22-34-67(71)89(81)68-50-69-76(52-72(68)91(73)59-30-18-16-19-31-59)95-77-47-58(80-55(3)28-25-29-56(80)4)46-75-82(77)90(69)70-51-78(84(5,6)7)94(60-32-20-17-21-33-60)83(70)93(75)62-37-39-64-66(49-62)88(14,15)43-41-86(64,10)11/h16-39,44-52H,40-43H2,1-15H3. The molecule has 0 unspecified atom stereocenters. The molecule has 4 aliphatic heterocycles. The number of benzene rings is 10. The lowest BCUT2D eigenvalue weighted by Crippen LogP contribution is -2.64. The minimum atomic E-state index is -0.253. The monoisotopic (exact) mass is 1240 g/mol. The van der Waals surface area contributed by atoms with Crippen molar-refractivity contribution in [1.82, 2.24) is 4.57 Å². The fourth-order valence-electron chi connectivity index (χ4n) is 18.2. The second-order valence-electron chi connectivity index (χ2n) is 32.4. The van der Waals surface area contributed by atoms with E-state index in [0.29, 0.717) is 0 Å². The van der Waals surface area contributed by atoms with Gasteiger partial charge in [-0.1, -0.05) is 185 Å². The summed E-state index contributed by atoms with van der Waals surface area (Å²) in [5, 5.41) is 0. The number of aromatic nitrogens is 1. The van der Waals surface area contributed by atoms with E-state index in [1.54, 1.807) is 0 Å². The summed E-state index contributed by atoms with van der Waals surface area (Å²) in [6.07, 6.45) is 4.59. The van der Waals surface area contributed by atoms with Crippen LogP contribution in [0.2, 0.25) is 0 Å². The van der Waals surface area contributed by atoms with Gasteiger partial charge in [-0.2, -0.15) is 0 Å². The van der Waals surface area contributed by atoms with E-state index >= 15 is 0 Å². The first-order valence-electron chi connectivity index (χ1n) is 34.9. The summed E-state index contributed by atoms with van der Waals surface area (Å²) in [4.78, 5) is 7.87. The number of nitrogens with zero attached hydrogens (tertiary/aromatic N) is 4. The van der Waals surface area contributed by atoms with Crippen molar-refractivity contribution < 1.29 is 4.74 Å². The van der Waals surface area contributed by atoms with E-state index in [1.165, 1.54) is 140 Å². The van der Waals surface area contributed by atoms with E-state index in [1.807, 2.05) is 0 Å². The number of rotatable bonds is 6. The van der Waals surface area contributed by atoms with Crippen LogP contribution in [0.15, 0.2) is 200 Å². The highest BCUT2D eigenvalue weighted by Gasteiger charge is 2.51. The number of ether oxygens (including phenoxy) is 1. The SMILES string of the molecule is Cc1cccc(C)c1-c1cc2c3c(c1)N(c1ccc4c(c1)C(C)(C)CCC4(C)C)c1c(cc(C(C)(C)C)n1-c1ccccc1)B3c1cc3c(cc1O2)N(c1ccccc1)c1cc(-c2c(C)cccc2C)cc2c1B3c1ccccc1N2c1ccc2c(c1)C(C)(C)CCC2(C)C. The van der Waals surface area contributed by atoms with E-state index in [0.717, 1.165) is 59.1 Å². The van der Waals surface area contributed by atoms with Gasteiger partial charge in [-0.05, 0) is 260 Å². The Hall–Kier alpha value is -9.19. The molecule has 0 N–H and O–H groups in total. The van der Waals surface area contributed by atoms with E-state index in [4.69, 9.17) is 4.74 Å². The Morgan fingerprint density at radius 2 is 0.811 bits per heavy atom. The molecule has 5 nitrogen and oxygen atoms in total. The summed E-state index contributed by atoms with van der Waals surface area (Å²) in [6.45, 7) is 35.5. The molecule has 0 saturated heterocycles. The number of hydrogen-bond donors (Lipinski definition) is 0. The summed E-state index contributed by atoms with van der Waals surface area (Å²) in [6, 6.07) is 77.7. The van der Waals surface area contributed by atoms with Gasteiger partial charge in [0.25, 0.3) is 13.4 Å². The zero-order chi connectivity index (χ0) is 65.7. The molecule has 6 aliphatic rings. The van der Waals surface area contributed by atoms with E-state index in [-0.39, 0.29) is 40.5 Å². The van der Waals surface area contributed by atoms with Crippen molar-refractivity contribution in [2.45, 2.75) is 157 Å². The first-order chi connectivity index (χ1) is 45.4. The van der Waals surface area contributed by atoms with Crippen LogP contribution < -0.4 is 52.2 Å². The number of para-hydroxylation sites is 3. The minimum absolute atomic E-state index is 0.0162. The topological polar surface area (TPSA) is 23.9 Å². The number of hydrogen-bond acceptors (Lipinski definition) is 4. The average Bonchev–Trinajstić information content (AvgIpc) is 1.62. The third kappa shape index (κ3) is 8.89. The molecule has 0 amide bonds. The lowest BCUT2D eigenvalue weighted by Gasteiger charge is -2.46. The minimum Gasteiger partial charge on any atom is -0.458 e. The van der Waals surface area contributed by atoms with Gasteiger partial charge in [0.15, 0.2) is 0 Å². The molecule has 1 aromatic heterocycles.